The molecule has 1 aromatic heterocycles. The van der Waals surface area contributed by atoms with Gasteiger partial charge in [-0.25, -0.2) is 0 Å². The van der Waals surface area contributed by atoms with Crippen LogP contribution >= 0.6 is 0 Å². The summed E-state index contributed by atoms with van der Waals surface area (Å²) in [5.41, 5.74) is 7.13. The summed E-state index contributed by atoms with van der Waals surface area (Å²) >= 11 is 0.0668. The van der Waals surface area contributed by atoms with Crippen LogP contribution in [0.5, 0.6) is 11.5 Å². The molecule has 196 valence electrons. The van der Waals surface area contributed by atoms with Gasteiger partial charge in [0.25, 0.3) is 0 Å². The molecule has 0 spiro atoms. The molecule has 1 aliphatic carbocycles. The normalized spacial score (nSPS) is 15.1. The monoisotopic (exact) mass is 583 g/mol. The molecule has 0 saturated carbocycles. The van der Waals surface area contributed by atoms with Gasteiger partial charge in [0, 0.05) is 5.41 Å². The van der Waals surface area contributed by atoms with Gasteiger partial charge in [-0.15, -0.1) is 0 Å². The number of hydrogen-bond acceptors (Lipinski definition) is 5. The number of nitrogens with zero attached hydrogens (tertiary/aromatic N) is 1. The molecule has 3 aromatic carbocycles. The fourth-order valence-corrected chi connectivity index (χ4v) is 7.36. The fraction of sp³-hybridized carbons (Fsp3) is 0.212. The molecule has 0 fully saturated rings. The standard InChI is InChI=1S/C33H29NO4Se/c1-5-37-29-17-28(34-26-13-9-7-11-24(26)33(3,4)25-12-8-10-14-27(25)34)30(38-6-2)16-20(29)15-21-31(35)22-18-39-19-23(22)32(21)36/h7-19H,5-6H2,1-4H3. The Kier molecular flexibility index (Phi) is 6.33. The molecule has 0 bridgehead atoms. The molecule has 0 radical (unpaired) electrons. The van der Waals surface area contributed by atoms with Crippen LogP contribution in [0.25, 0.3) is 6.08 Å². The number of para-hydroxylation sites is 2. The van der Waals surface area contributed by atoms with Crippen molar-refractivity contribution < 1.29 is 19.1 Å². The van der Waals surface area contributed by atoms with E-state index >= 15 is 0 Å². The number of benzene rings is 3. The quantitative estimate of drug-likeness (QED) is 0.138. The third kappa shape index (κ3) is 3.98. The molecule has 2 heterocycles. The topological polar surface area (TPSA) is 55.8 Å². The molecule has 6 heteroatoms. The Hall–Kier alpha value is -3.86. The van der Waals surface area contributed by atoms with Crippen molar-refractivity contribution in [1.82, 2.24) is 0 Å². The zero-order chi connectivity index (χ0) is 27.3. The van der Waals surface area contributed by atoms with E-state index in [1.165, 1.54) is 11.1 Å². The van der Waals surface area contributed by atoms with Gasteiger partial charge in [0.05, 0.1) is 0 Å². The number of fused-ring (bicyclic) bond motifs is 3. The van der Waals surface area contributed by atoms with Crippen LogP contribution in [0, 0.1) is 0 Å². The zero-order valence-corrected chi connectivity index (χ0v) is 24.1. The van der Waals surface area contributed by atoms with E-state index in [-0.39, 0.29) is 37.1 Å². The minimum atomic E-state index is -0.212. The van der Waals surface area contributed by atoms with E-state index in [2.05, 4.69) is 67.3 Å². The molecule has 39 heavy (non-hydrogen) atoms. The molecule has 4 aromatic rings. The van der Waals surface area contributed by atoms with Crippen LogP contribution in [0.15, 0.2) is 76.1 Å². The number of ether oxygens (including phenoxy) is 2. The Labute approximate surface area is 234 Å². The van der Waals surface area contributed by atoms with Crippen LogP contribution in [0.1, 0.15) is 65.1 Å². The second-order valence-electron chi connectivity index (χ2n) is 10.1. The van der Waals surface area contributed by atoms with Crippen molar-refractivity contribution in [2.75, 3.05) is 18.1 Å². The third-order valence-corrected chi connectivity index (χ3v) is 9.07. The van der Waals surface area contributed by atoms with Crippen LogP contribution in [0.4, 0.5) is 17.1 Å². The van der Waals surface area contributed by atoms with Gasteiger partial charge in [-0.3, -0.25) is 0 Å². The number of allylic oxidation sites excluding steroid dienone is 1. The first-order valence-corrected chi connectivity index (χ1v) is 15.1. The van der Waals surface area contributed by atoms with Crippen LogP contribution in [-0.2, 0) is 5.41 Å². The number of ketones is 2. The minimum absolute atomic E-state index is 0.0668. The van der Waals surface area contributed by atoms with Gasteiger partial charge >= 0.3 is 179 Å². The van der Waals surface area contributed by atoms with Gasteiger partial charge in [0.2, 0.25) is 0 Å². The van der Waals surface area contributed by atoms with Crippen molar-refractivity contribution in [3.8, 4) is 11.5 Å². The van der Waals surface area contributed by atoms with Crippen molar-refractivity contribution in [1.29, 1.82) is 0 Å². The maximum atomic E-state index is 13.1. The number of rotatable bonds is 6. The van der Waals surface area contributed by atoms with Gasteiger partial charge in [0.1, 0.15) is 0 Å². The summed E-state index contributed by atoms with van der Waals surface area (Å²) in [4.78, 5) is 32.1. The summed E-state index contributed by atoms with van der Waals surface area (Å²) in [5, 5.41) is 0. The van der Waals surface area contributed by atoms with Crippen LogP contribution in [-0.4, -0.2) is 39.3 Å². The summed E-state index contributed by atoms with van der Waals surface area (Å²) in [5.74, 6) is 0.817. The second kappa shape index (κ2) is 9.71. The van der Waals surface area contributed by atoms with E-state index in [9.17, 15) is 9.59 Å². The molecule has 2 aliphatic rings. The maximum absolute atomic E-state index is 13.1. The molecular weight excluding hydrogens is 553 g/mol. The van der Waals surface area contributed by atoms with E-state index in [1.54, 1.807) is 6.08 Å². The number of hydrogen-bond donors (Lipinski definition) is 0. The van der Waals surface area contributed by atoms with E-state index in [0.29, 0.717) is 41.4 Å². The van der Waals surface area contributed by atoms with Crippen LogP contribution < -0.4 is 14.4 Å². The Balaban J connectivity index is 1.57. The Bertz CT molecular complexity index is 1580. The second-order valence-corrected chi connectivity index (χ2v) is 11.7. The SMILES string of the molecule is CCOc1cc(N2c3ccccc3C(C)(C)c3ccccc32)c(OCC)cc1C=C1C(=O)c2c[se]cc2C1=O. The molecule has 0 amide bonds. The number of carbonyl (C=O) groups excluding carboxylic acids is 2. The summed E-state index contributed by atoms with van der Waals surface area (Å²) in [6.45, 7) is 9.27. The summed E-state index contributed by atoms with van der Waals surface area (Å²) in [7, 11) is 0. The number of Topliss-reactive ketones (excluding diaryl/α,β-unsaturated/α-hetero) is 2. The van der Waals surface area contributed by atoms with Crippen molar-refractivity contribution in [2.45, 2.75) is 33.1 Å². The van der Waals surface area contributed by atoms with Gasteiger partial charge < -0.3 is 0 Å². The Morgan fingerprint density at radius 3 is 1.87 bits per heavy atom. The van der Waals surface area contributed by atoms with E-state index in [1.807, 2.05) is 35.9 Å². The molecule has 0 saturated heterocycles. The first-order chi connectivity index (χ1) is 18.9. The fourth-order valence-electron chi connectivity index (χ4n) is 5.66. The molecule has 6 rings (SSSR count). The van der Waals surface area contributed by atoms with E-state index < -0.39 is 0 Å². The first-order valence-electron chi connectivity index (χ1n) is 13.2. The molecule has 0 N–H and O–H groups in total. The zero-order valence-electron chi connectivity index (χ0n) is 22.4. The third-order valence-electron chi connectivity index (χ3n) is 7.51. The van der Waals surface area contributed by atoms with Crippen molar-refractivity contribution >= 4 is 49.2 Å². The van der Waals surface area contributed by atoms with E-state index in [0.717, 1.165) is 17.1 Å². The van der Waals surface area contributed by atoms with Gasteiger partial charge in [0.15, 0.2) is 0 Å². The average Bonchev–Trinajstić information content (AvgIpc) is 3.51. The number of anilines is 3. The molecule has 0 unspecified atom stereocenters. The van der Waals surface area contributed by atoms with Gasteiger partial charge in [-0.1, -0.05) is 50.2 Å². The Morgan fingerprint density at radius 2 is 1.31 bits per heavy atom. The predicted octanol–water partition coefficient (Wildman–Crippen LogP) is 7.11. The van der Waals surface area contributed by atoms with E-state index in [4.69, 9.17) is 9.47 Å². The van der Waals surface area contributed by atoms with Crippen LogP contribution in [0.2, 0.25) is 0 Å². The summed E-state index contributed by atoms with van der Waals surface area (Å²) in [6.07, 6.45) is 1.66. The molecular formula is C33H29NO4Se. The van der Waals surface area contributed by atoms with Crippen molar-refractivity contribution in [3.63, 3.8) is 0 Å². The average molecular weight is 583 g/mol. The Morgan fingerprint density at radius 1 is 0.769 bits per heavy atom. The predicted molar refractivity (Wildman–Crippen MR) is 156 cm³/mol. The summed E-state index contributed by atoms with van der Waals surface area (Å²) < 4.78 is 12.3. The molecule has 1 aliphatic heterocycles. The van der Waals surface area contributed by atoms with Gasteiger partial charge in [-0.05, 0) is 0 Å². The van der Waals surface area contributed by atoms with Crippen LogP contribution in [0.3, 0.4) is 0 Å². The number of carbonyl (C=O) groups is 2. The van der Waals surface area contributed by atoms with Gasteiger partial charge in [-0.2, -0.15) is 0 Å². The van der Waals surface area contributed by atoms with Crippen molar-refractivity contribution in [2.24, 2.45) is 0 Å². The summed E-state index contributed by atoms with van der Waals surface area (Å²) in [6, 6.07) is 20.8. The molecule has 0 atom stereocenters. The van der Waals surface area contributed by atoms with Crippen molar-refractivity contribution in [3.05, 3.63) is 104 Å². The molecule has 5 nitrogen and oxygen atoms in total. The first kappa shape index (κ1) is 25.4.